The maximum absolute atomic E-state index is 11.6. The van der Waals surface area contributed by atoms with Crippen LogP contribution in [0.1, 0.15) is 38.4 Å². The highest BCUT2D eigenvalue weighted by molar-refractivity contribution is 7.89. The van der Waals surface area contributed by atoms with E-state index in [1.54, 1.807) is 6.07 Å². The van der Waals surface area contributed by atoms with E-state index in [-0.39, 0.29) is 17.2 Å². The van der Waals surface area contributed by atoms with Crippen molar-refractivity contribution in [2.75, 3.05) is 13.7 Å². The predicted octanol–water partition coefficient (Wildman–Crippen LogP) is 1.22. The maximum atomic E-state index is 11.6. The van der Waals surface area contributed by atoms with Crippen molar-refractivity contribution >= 4 is 10.0 Å². The summed E-state index contributed by atoms with van der Waals surface area (Å²) in [6.07, 6.45) is 4.02. The molecular formula is C14H24N2O4S. The summed E-state index contributed by atoms with van der Waals surface area (Å²) in [5, 5.41) is 12.9. The van der Waals surface area contributed by atoms with Crippen molar-refractivity contribution in [1.29, 1.82) is 0 Å². The van der Waals surface area contributed by atoms with Crippen molar-refractivity contribution in [3.63, 3.8) is 0 Å². The van der Waals surface area contributed by atoms with E-state index in [0.717, 1.165) is 25.7 Å². The van der Waals surface area contributed by atoms with Gasteiger partial charge in [-0.05, 0) is 50.8 Å². The van der Waals surface area contributed by atoms with Crippen LogP contribution in [0.3, 0.4) is 0 Å². The van der Waals surface area contributed by atoms with Gasteiger partial charge >= 0.3 is 0 Å². The van der Waals surface area contributed by atoms with Crippen LogP contribution in [-0.4, -0.2) is 32.7 Å². The summed E-state index contributed by atoms with van der Waals surface area (Å²) in [6.45, 7) is 2.72. The largest absolute Gasteiger partial charge is 0.447 e. The Morgan fingerprint density at radius 1 is 1.38 bits per heavy atom. The third-order valence-corrected chi connectivity index (χ3v) is 5.63. The average molecular weight is 316 g/mol. The lowest BCUT2D eigenvalue weighted by Crippen LogP contribution is -2.50. The molecule has 0 saturated heterocycles. The van der Waals surface area contributed by atoms with Gasteiger partial charge in [-0.25, -0.2) is 13.1 Å². The van der Waals surface area contributed by atoms with Crippen LogP contribution in [0.15, 0.2) is 21.6 Å². The first-order chi connectivity index (χ1) is 9.91. The first-order valence-corrected chi connectivity index (χ1v) is 8.77. The normalized spacial score (nSPS) is 26.9. The molecular weight excluding hydrogens is 292 g/mol. The Morgan fingerprint density at radius 2 is 2.05 bits per heavy atom. The fourth-order valence-corrected chi connectivity index (χ4v) is 3.34. The second kappa shape index (κ2) is 6.48. The number of nitrogens with one attached hydrogen (secondary N) is 2. The minimum Gasteiger partial charge on any atom is -0.447 e. The molecule has 1 saturated carbocycles. The molecule has 120 valence electrons. The zero-order valence-corrected chi connectivity index (χ0v) is 13.4. The van der Waals surface area contributed by atoms with Crippen LogP contribution in [0, 0.1) is 5.92 Å². The highest BCUT2D eigenvalue weighted by Crippen LogP contribution is 2.32. The topological polar surface area (TPSA) is 91.6 Å². The Kier molecular flexibility index (Phi) is 5.08. The highest BCUT2D eigenvalue weighted by Gasteiger charge is 2.33. The average Bonchev–Trinajstić information content (AvgIpc) is 2.97. The molecule has 7 heteroatoms. The summed E-state index contributed by atoms with van der Waals surface area (Å²) in [4.78, 5) is 0. The third kappa shape index (κ3) is 3.85. The first-order valence-electron chi connectivity index (χ1n) is 7.29. The van der Waals surface area contributed by atoms with E-state index in [4.69, 9.17) is 4.42 Å². The predicted molar refractivity (Wildman–Crippen MR) is 79.2 cm³/mol. The van der Waals surface area contributed by atoms with Crippen molar-refractivity contribution in [2.45, 2.75) is 49.8 Å². The SMILES string of the molecule is CNS(=O)(=O)c1ccc(CNC2(CO)CCC(C)CC2)o1. The van der Waals surface area contributed by atoms with Crippen molar-refractivity contribution in [3.8, 4) is 0 Å². The van der Waals surface area contributed by atoms with Gasteiger partial charge in [-0.2, -0.15) is 0 Å². The Morgan fingerprint density at radius 3 is 2.62 bits per heavy atom. The van der Waals surface area contributed by atoms with E-state index in [1.807, 2.05) is 0 Å². The van der Waals surface area contributed by atoms with Gasteiger partial charge in [0.15, 0.2) is 0 Å². The molecule has 1 aromatic heterocycles. The third-order valence-electron chi connectivity index (χ3n) is 4.34. The van der Waals surface area contributed by atoms with Gasteiger partial charge in [0.1, 0.15) is 5.76 Å². The molecule has 1 aliphatic carbocycles. The van der Waals surface area contributed by atoms with Gasteiger partial charge in [0.2, 0.25) is 5.09 Å². The Labute approximate surface area is 126 Å². The van der Waals surface area contributed by atoms with Crippen molar-refractivity contribution in [1.82, 2.24) is 10.0 Å². The van der Waals surface area contributed by atoms with Gasteiger partial charge in [0.05, 0.1) is 13.2 Å². The second-order valence-electron chi connectivity index (χ2n) is 5.90. The molecule has 6 nitrogen and oxygen atoms in total. The number of aliphatic hydroxyl groups excluding tert-OH is 1. The number of hydrogen-bond acceptors (Lipinski definition) is 5. The molecule has 21 heavy (non-hydrogen) atoms. The molecule has 0 atom stereocenters. The number of sulfonamides is 1. The smallest absolute Gasteiger partial charge is 0.273 e. The van der Waals surface area contributed by atoms with Crippen LogP contribution < -0.4 is 10.0 Å². The summed E-state index contributed by atoms with van der Waals surface area (Å²) >= 11 is 0. The second-order valence-corrected chi connectivity index (χ2v) is 7.72. The fourth-order valence-electron chi connectivity index (χ4n) is 2.68. The molecule has 0 bridgehead atoms. The molecule has 0 radical (unpaired) electrons. The molecule has 2 rings (SSSR count). The van der Waals surface area contributed by atoms with Crippen LogP contribution >= 0.6 is 0 Å². The number of rotatable bonds is 6. The lowest BCUT2D eigenvalue weighted by molar-refractivity contribution is 0.102. The van der Waals surface area contributed by atoms with Crippen molar-refractivity contribution < 1.29 is 17.9 Å². The van der Waals surface area contributed by atoms with Gasteiger partial charge in [0, 0.05) is 5.54 Å². The summed E-state index contributed by atoms with van der Waals surface area (Å²) in [5.41, 5.74) is -0.276. The van der Waals surface area contributed by atoms with E-state index >= 15 is 0 Å². The molecule has 1 aliphatic rings. The standard InChI is InChI=1S/C14H24N2O4S/c1-11-5-7-14(10-17,8-6-11)16-9-12-3-4-13(20-12)21(18,19)15-2/h3-4,11,15-17H,5-10H2,1-2H3. The fraction of sp³-hybridized carbons (Fsp3) is 0.714. The molecule has 1 fully saturated rings. The highest BCUT2D eigenvalue weighted by atomic mass is 32.2. The maximum Gasteiger partial charge on any atom is 0.273 e. The summed E-state index contributed by atoms with van der Waals surface area (Å²) < 4.78 is 30.8. The van der Waals surface area contributed by atoms with Crippen LogP contribution in [0.2, 0.25) is 0 Å². The number of aliphatic hydroxyl groups is 1. The van der Waals surface area contributed by atoms with Gasteiger partial charge in [0.25, 0.3) is 10.0 Å². The van der Waals surface area contributed by atoms with Crippen molar-refractivity contribution in [3.05, 3.63) is 17.9 Å². The van der Waals surface area contributed by atoms with E-state index in [9.17, 15) is 13.5 Å². The minimum atomic E-state index is -3.54. The van der Waals surface area contributed by atoms with Crippen LogP contribution in [0.4, 0.5) is 0 Å². The summed E-state index contributed by atoms with van der Waals surface area (Å²) in [7, 11) is -2.20. The lowest BCUT2D eigenvalue weighted by Gasteiger charge is -2.38. The molecule has 0 spiro atoms. The summed E-state index contributed by atoms with van der Waals surface area (Å²) in [6, 6.07) is 3.09. The lowest BCUT2D eigenvalue weighted by atomic mass is 9.77. The minimum absolute atomic E-state index is 0.0854. The number of furan rings is 1. The Balaban J connectivity index is 1.99. The van der Waals surface area contributed by atoms with Gasteiger partial charge in [-0.1, -0.05) is 6.92 Å². The monoisotopic (exact) mass is 316 g/mol. The van der Waals surface area contributed by atoms with Crippen LogP contribution in [0.5, 0.6) is 0 Å². The van der Waals surface area contributed by atoms with E-state index in [1.165, 1.54) is 13.1 Å². The molecule has 0 unspecified atom stereocenters. The molecule has 0 aliphatic heterocycles. The van der Waals surface area contributed by atoms with E-state index in [2.05, 4.69) is 17.0 Å². The first kappa shape index (κ1) is 16.5. The molecule has 0 aromatic carbocycles. The van der Waals surface area contributed by atoms with Crippen LogP contribution in [-0.2, 0) is 16.6 Å². The molecule has 3 N–H and O–H groups in total. The van der Waals surface area contributed by atoms with E-state index in [0.29, 0.717) is 18.2 Å². The van der Waals surface area contributed by atoms with Crippen molar-refractivity contribution in [2.24, 2.45) is 5.92 Å². The zero-order valence-electron chi connectivity index (χ0n) is 12.6. The summed E-state index contributed by atoms with van der Waals surface area (Å²) in [5.74, 6) is 1.25. The van der Waals surface area contributed by atoms with E-state index < -0.39 is 10.0 Å². The van der Waals surface area contributed by atoms with Gasteiger partial charge in [-0.15, -0.1) is 0 Å². The quantitative estimate of drug-likeness (QED) is 0.734. The molecule has 1 heterocycles. The molecule has 1 aromatic rings. The van der Waals surface area contributed by atoms with Crippen LogP contribution in [0.25, 0.3) is 0 Å². The molecule has 0 amide bonds. The number of hydrogen-bond donors (Lipinski definition) is 3. The zero-order chi connectivity index (χ0) is 15.5. The van der Waals surface area contributed by atoms with Gasteiger partial charge < -0.3 is 14.8 Å². The van der Waals surface area contributed by atoms with Gasteiger partial charge in [-0.3, -0.25) is 0 Å². The Hall–Kier alpha value is -0.890. The Bertz CT molecular complexity index is 559.